The van der Waals surface area contributed by atoms with E-state index in [2.05, 4.69) is 13.0 Å². The maximum Gasteiger partial charge on any atom is 0.113 e. The zero-order chi connectivity index (χ0) is 11.3. The van der Waals surface area contributed by atoms with Gasteiger partial charge in [-0.2, -0.15) is 0 Å². The van der Waals surface area contributed by atoms with Crippen molar-refractivity contribution in [2.75, 3.05) is 5.06 Å². The van der Waals surface area contributed by atoms with Gasteiger partial charge in [0.2, 0.25) is 0 Å². The van der Waals surface area contributed by atoms with Gasteiger partial charge in [0.1, 0.15) is 6.34 Å². The lowest BCUT2D eigenvalue weighted by Gasteiger charge is -2.14. The van der Waals surface area contributed by atoms with Crippen LogP contribution >= 0.6 is 0 Å². The number of unbranched alkanes of at least 4 members (excludes halogenated alkanes) is 1. The van der Waals surface area contributed by atoms with Gasteiger partial charge in [0, 0.05) is 0 Å². The molecule has 1 aromatic carbocycles. The van der Waals surface area contributed by atoms with Gasteiger partial charge >= 0.3 is 0 Å². The number of aryl methyl sites for hydroxylation is 2. The van der Waals surface area contributed by atoms with Crippen molar-refractivity contribution < 1.29 is 5.21 Å². The first kappa shape index (κ1) is 11.7. The maximum absolute atomic E-state index is 9.37. The van der Waals surface area contributed by atoms with Gasteiger partial charge in [0.05, 0.1) is 5.69 Å². The van der Waals surface area contributed by atoms with Crippen LogP contribution in [0.25, 0.3) is 0 Å². The van der Waals surface area contributed by atoms with Crippen molar-refractivity contribution >= 4 is 12.0 Å². The average Bonchev–Trinajstić information content (AvgIpc) is 2.25. The Morgan fingerprint density at radius 1 is 1.47 bits per heavy atom. The monoisotopic (exact) mass is 206 g/mol. The van der Waals surface area contributed by atoms with Gasteiger partial charge in [-0.05, 0) is 37.0 Å². The smallest absolute Gasteiger partial charge is 0.113 e. The Morgan fingerprint density at radius 3 is 2.73 bits per heavy atom. The highest BCUT2D eigenvalue weighted by Gasteiger charge is 2.04. The summed E-state index contributed by atoms with van der Waals surface area (Å²) in [6.07, 6.45) is 4.35. The Bertz CT molecular complexity index is 336. The topological polar surface area (TPSA) is 47.3 Å². The molecule has 0 heterocycles. The number of nitrogens with zero attached hydrogens (tertiary/aromatic N) is 1. The van der Waals surface area contributed by atoms with Crippen LogP contribution in [0.4, 0.5) is 5.69 Å². The van der Waals surface area contributed by atoms with Crippen molar-refractivity contribution in [1.29, 1.82) is 5.41 Å². The number of hydrogen-bond acceptors (Lipinski definition) is 2. The molecule has 1 aromatic rings. The highest BCUT2D eigenvalue weighted by molar-refractivity contribution is 5.75. The molecule has 0 fully saturated rings. The zero-order valence-electron chi connectivity index (χ0n) is 9.33. The molecule has 0 saturated carbocycles. The molecule has 0 radical (unpaired) electrons. The lowest BCUT2D eigenvalue weighted by molar-refractivity contribution is 0.315. The Hall–Kier alpha value is -1.35. The van der Waals surface area contributed by atoms with Crippen LogP contribution in [0, 0.1) is 12.3 Å². The highest BCUT2D eigenvalue weighted by Crippen LogP contribution is 2.20. The van der Waals surface area contributed by atoms with Crippen molar-refractivity contribution in [3.05, 3.63) is 29.3 Å². The van der Waals surface area contributed by atoms with Crippen LogP contribution in [0.3, 0.4) is 0 Å². The van der Waals surface area contributed by atoms with Gasteiger partial charge in [-0.15, -0.1) is 0 Å². The van der Waals surface area contributed by atoms with E-state index in [0.717, 1.165) is 23.4 Å². The minimum absolute atomic E-state index is 0.672. The summed E-state index contributed by atoms with van der Waals surface area (Å²) in [5.41, 5.74) is 2.95. The van der Waals surface area contributed by atoms with E-state index in [4.69, 9.17) is 5.41 Å². The average molecular weight is 206 g/mol. The first-order valence-corrected chi connectivity index (χ1v) is 5.27. The highest BCUT2D eigenvalue weighted by atomic mass is 16.5. The largest absolute Gasteiger partial charge is 0.289 e. The lowest BCUT2D eigenvalue weighted by Crippen LogP contribution is -2.15. The Balaban J connectivity index is 2.83. The third-order valence-electron chi connectivity index (χ3n) is 2.45. The van der Waals surface area contributed by atoms with Gasteiger partial charge < -0.3 is 0 Å². The summed E-state index contributed by atoms with van der Waals surface area (Å²) in [6, 6.07) is 5.92. The number of anilines is 1. The molecule has 0 amide bonds. The fourth-order valence-electron chi connectivity index (χ4n) is 1.58. The summed E-state index contributed by atoms with van der Waals surface area (Å²) in [7, 11) is 0. The standard InChI is InChI=1S/C12H18N2O/c1-3-4-5-11-6-7-12(10(2)8-11)14(15)9-13/h6-9,13,15H,3-5H2,1-2H3. The van der Waals surface area contributed by atoms with E-state index >= 15 is 0 Å². The predicted molar refractivity (Wildman–Crippen MR) is 62.8 cm³/mol. The number of nitrogens with one attached hydrogen (secondary N) is 1. The molecule has 0 unspecified atom stereocenters. The van der Waals surface area contributed by atoms with E-state index in [0.29, 0.717) is 5.69 Å². The molecule has 0 saturated heterocycles. The molecule has 0 aliphatic rings. The van der Waals surface area contributed by atoms with Crippen LogP contribution in [0.15, 0.2) is 18.2 Å². The van der Waals surface area contributed by atoms with Crippen molar-refractivity contribution in [1.82, 2.24) is 0 Å². The van der Waals surface area contributed by atoms with E-state index in [1.165, 1.54) is 18.4 Å². The number of hydroxylamine groups is 1. The summed E-state index contributed by atoms with van der Waals surface area (Å²) in [5.74, 6) is 0. The molecule has 82 valence electrons. The summed E-state index contributed by atoms with van der Waals surface area (Å²) >= 11 is 0. The first-order valence-electron chi connectivity index (χ1n) is 5.27. The molecule has 0 bridgehead atoms. The van der Waals surface area contributed by atoms with Crippen LogP contribution in [-0.4, -0.2) is 11.5 Å². The van der Waals surface area contributed by atoms with Crippen molar-refractivity contribution in [3.63, 3.8) is 0 Å². The Kier molecular flexibility index (Phi) is 4.31. The minimum atomic E-state index is 0.672. The molecule has 0 aliphatic carbocycles. The maximum atomic E-state index is 9.37. The summed E-state index contributed by atoms with van der Waals surface area (Å²) in [5, 5.41) is 17.2. The Morgan fingerprint density at radius 2 is 2.20 bits per heavy atom. The third kappa shape index (κ3) is 3.06. The molecule has 0 atom stereocenters. The van der Waals surface area contributed by atoms with Crippen LogP contribution < -0.4 is 5.06 Å². The van der Waals surface area contributed by atoms with Crippen LogP contribution in [0.2, 0.25) is 0 Å². The molecular weight excluding hydrogens is 188 g/mol. The van der Waals surface area contributed by atoms with E-state index in [-0.39, 0.29) is 0 Å². The molecule has 0 aromatic heterocycles. The lowest BCUT2D eigenvalue weighted by atomic mass is 10.0. The molecule has 0 aliphatic heterocycles. The molecule has 15 heavy (non-hydrogen) atoms. The fraction of sp³-hybridized carbons (Fsp3) is 0.417. The molecule has 2 N–H and O–H groups in total. The van der Waals surface area contributed by atoms with E-state index in [1.54, 1.807) is 0 Å². The second kappa shape index (κ2) is 5.51. The second-order valence-corrected chi connectivity index (χ2v) is 3.70. The van der Waals surface area contributed by atoms with Crippen LogP contribution in [0.1, 0.15) is 30.9 Å². The van der Waals surface area contributed by atoms with E-state index < -0.39 is 0 Å². The summed E-state index contributed by atoms with van der Waals surface area (Å²) < 4.78 is 0. The minimum Gasteiger partial charge on any atom is -0.289 e. The number of hydrogen-bond donors (Lipinski definition) is 2. The summed E-state index contributed by atoms with van der Waals surface area (Å²) in [6.45, 7) is 4.11. The van der Waals surface area contributed by atoms with Crippen molar-refractivity contribution in [2.45, 2.75) is 33.1 Å². The second-order valence-electron chi connectivity index (χ2n) is 3.70. The number of rotatable bonds is 5. The van der Waals surface area contributed by atoms with E-state index in [1.807, 2.05) is 19.1 Å². The van der Waals surface area contributed by atoms with Crippen LogP contribution in [-0.2, 0) is 6.42 Å². The molecular formula is C12H18N2O. The first-order chi connectivity index (χ1) is 7.19. The summed E-state index contributed by atoms with van der Waals surface area (Å²) in [4.78, 5) is 0. The quantitative estimate of drug-likeness (QED) is 0.441. The zero-order valence-corrected chi connectivity index (χ0v) is 9.33. The number of benzene rings is 1. The predicted octanol–water partition coefficient (Wildman–Crippen LogP) is 3.14. The van der Waals surface area contributed by atoms with Gasteiger partial charge in [-0.1, -0.05) is 25.5 Å². The fourth-order valence-corrected chi connectivity index (χ4v) is 1.58. The molecule has 3 heteroatoms. The molecule has 1 rings (SSSR count). The van der Waals surface area contributed by atoms with Gasteiger partial charge in [-0.3, -0.25) is 10.6 Å². The molecule has 0 spiro atoms. The SMILES string of the molecule is CCCCc1ccc(N(O)C=N)c(C)c1. The normalized spacial score (nSPS) is 10.1. The Labute approximate surface area is 90.8 Å². The molecule has 3 nitrogen and oxygen atoms in total. The van der Waals surface area contributed by atoms with Gasteiger partial charge in [-0.25, -0.2) is 5.06 Å². The van der Waals surface area contributed by atoms with Crippen LogP contribution in [0.5, 0.6) is 0 Å². The third-order valence-corrected chi connectivity index (χ3v) is 2.45. The van der Waals surface area contributed by atoms with Gasteiger partial charge in [0.15, 0.2) is 0 Å². The van der Waals surface area contributed by atoms with E-state index in [9.17, 15) is 5.21 Å². The van der Waals surface area contributed by atoms with Crippen molar-refractivity contribution in [3.8, 4) is 0 Å². The van der Waals surface area contributed by atoms with Gasteiger partial charge in [0.25, 0.3) is 0 Å². The van der Waals surface area contributed by atoms with Crippen molar-refractivity contribution in [2.24, 2.45) is 0 Å².